The molecule has 0 bridgehead atoms. The number of hydrogen-bond donors (Lipinski definition) is 1. The zero-order chi connectivity index (χ0) is 12.5. The zero-order valence-corrected chi connectivity index (χ0v) is 9.29. The van der Waals surface area contributed by atoms with E-state index in [1.165, 1.54) is 23.6 Å². The second-order valence-corrected chi connectivity index (χ2v) is 4.00. The van der Waals surface area contributed by atoms with Crippen LogP contribution in [-0.2, 0) is 6.18 Å². The molecule has 17 heavy (non-hydrogen) atoms. The van der Waals surface area contributed by atoms with Gasteiger partial charge in [-0.25, -0.2) is 0 Å². The first-order chi connectivity index (χ1) is 8.00. The Morgan fingerprint density at radius 1 is 1.24 bits per heavy atom. The molecule has 3 nitrogen and oxygen atoms in total. The molecular formula is C10H8F3N3S. The van der Waals surface area contributed by atoms with Gasteiger partial charge in [0.2, 0.25) is 0 Å². The van der Waals surface area contributed by atoms with E-state index < -0.39 is 17.8 Å². The van der Waals surface area contributed by atoms with E-state index in [1.807, 2.05) is 0 Å². The highest BCUT2D eigenvalue weighted by atomic mass is 32.1. The van der Waals surface area contributed by atoms with Crippen LogP contribution in [0.5, 0.6) is 0 Å². The molecule has 0 amide bonds. The largest absolute Gasteiger partial charge is 0.416 e. The molecule has 1 atom stereocenters. The van der Waals surface area contributed by atoms with Crippen LogP contribution < -0.4 is 5.73 Å². The van der Waals surface area contributed by atoms with Gasteiger partial charge in [-0.15, -0.1) is 5.10 Å². The maximum Gasteiger partial charge on any atom is 0.416 e. The second-order valence-electron chi connectivity index (χ2n) is 3.39. The molecule has 90 valence electrons. The maximum atomic E-state index is 12.8. The maximum absolute atomic E-state index is 12.8. The molecule has 2 N–H and O–H groups in total. The number of alkyl halides is 3. The van der Waals surface area contributed by atoms with Crippen LogP contribution in [0, 0.1) is 0 Å². The van der Waals surface area contributed by atoms with Crippen molar-refractivity contribution in [3.63, 3.8) is 0 Å². The van der Waals surface area contributed by atoms with E-state index in [4.69, 9.17) is 5.73 Å². The molecule has 1 heterocycles. The number of aromatic nitrogens is 2. The summed E-state index contributed by atoms with van der Waals surface area (Å²) in [5, 5.41) is 5.23. The van der Waals surface area contributed by atoms with Crippen molar-refractivity contribution in [2.45, 2.75) is 12.2 Å². The van der Waals surface area contributed by atoms with Gasteiger partial charge in [0, 0.05) is 5.38 Å². The Bertz CT molecular complexity index is 496. The standard InChI is InChI=1S/C10H8F3N3S/c11-10(12,13)7-4-2-1-3-6(7)9(14)8-5-17-16-15-8/h1-5,9H,14H2. The quantitative estimate of drug-likeness (QED) is 0.901. The molecule has 1 aromatic carbocycles. The molecule has 0 saturated heterocycles. The summed E-state index contributed by atoms with van der Waals surface area (Å²) in [7, 11) is 0. The molecule has 0 saturated carbocycles. The van der Waals surface area contributed by atoms with Crippen molar-refractivity contribution in [2.75, 3.05) is 0 Å². The molecule has 0 aliphatic carbocycles. The number of benzene rings is 1. The fraction of sp³-hybridized carbons (Fsp3) is 0.200. The van der Waals surface area contributed by atoms with Gasteiger partial charge in [-0.1, -0.05) is 22.7 Å². The molecule has 0 spiro atoms. The zero-order valence-electron chi connectivity index (χ0n) is 8.48. The molecule has 7 heteroatoms. The van der Waals surface area contributed by atoms with Crippen molar-refractivity contribution in [3.05, 3.63) is 46.5 Å². The summed E-state index contributed by atoms with van der Waals surface area (Å²) in [4.78, 5) is 0. The third kappa shape index (κ3) is 2.45. The van der Waals surface area contributed by atoms with Crippen molar-refractivity contribution in [2.24, 2.45) is 5.73 Å². The highest BCUT2D eigenvalue weighted by Crippen LogP contribution is 2.35. The Balaban J connectivity index is 2.46. The van der Waals surface area contributed by atoms with Crippen LogP contribution in [0.1, 0.15) is 22.9 Å². The molecular weight excluding hydrogens is 251 g/mol. The average Bonchev–Trinajstić information content (AvgIpc) is 2.80. The molecule has 0 fully saturated rings. The predicted octanol–water partition coefficient (Wildman–Crippen LogP) is 2.61. The lowest BCUT2D eigenvalue weighted by Crippen LogP contribution is -2.18. The van der Waals surface area contributed by atoms with E-state index in [2.05, 4.69) is 9.59 Å². The predicted molar refractivity (Wildman–Crippen MR) is 57.4 cm³/mol. The lowest BCUT2D eigenvalue weighted by molar-refractivity contribution is -0.138. The van der Waals surface area contributed by atoms with Gasteiger partial charge < -0.3 is 5.73 Å². The monoisotopic (exact) mass is 259 g/mol. The average molecular weight is 259 g/mol. The van der Waals surface area contributed by atoms with Crippen LogP contribution in [0.4, 0.5) is 13.2 Å². The Labute approximate surface area is 99.2 Å². The summed E-state index contributed by atoms with van der Waals surface area (Å²) < 4.78 is 41.9. The number of nitrogens with zero attached hydrogens (tertiary/aromatic N) is 2. The number of halogens is 3. The fourth-order valence-corrected chi connectivity index (χ4v) is 1.98. The smallest absolute Gasteiger partial charge is 0.319 e. The summed E-state index contributed by atoms with van der Waals surface area (Å²) in [6.07, 6.45) is -4.42. The van der Waals surface area contributed by atoms with E-state index in [-0.39, 0.29) is 5.56 Å². The fourth-order valence-electron chi connectivity index (χ4n) is 1.49. The topological polar surface area (TPSA) is 51.8 Å². The van der Waals surface area contributed by atoms with Gasteiger partial charge in [-0.2, -0.15) is 13.2 Å². The normalized spacial score (nSPS) is 13.6. The van der Waals surface area contributed by atoms with Crippen LogP contribution in [0.3, 0.4) is 0 Å². The van der Waals surface area contributed by atoms with Gasteiger partial charge >= 0.3 is 6.18 Å². The minimum atomic E-state index is -4.42. The van der Waals surface area contributed by atoms with E-state index in [0.29, 0.717) is 5.69 Å². The summed E-state index contributed by atoms with van der Waals surface area (Å²) in [6, 6.07) is 4.30. The van der Waals surface area contributed by atoms with Gasteiger partial charge in [0.25, 0.3) is 0 Å². The third-order valence-electron chi connectivity index (χ3n) is 2.30. The lowest BCUT2D eigenvalue weighted by Gasteiger charge is -2.16. The van der Waals surface area contributed by atoms with Crippen molar-refractivity contribution >= 4 is 11.5 Å². The molecule has 0 radical (unpaired) electrons. The van der Waals surface area contributed by atoms with Gasteiger partial charge in [-0.3, -0.25) is 0 Å². The summed E-state index contributed by atoms with van der Waals surface area (Å²) in [6.45, 7) is 0. The van der Waals surface area contributed by atoms with E-state index >= 15 is 0 Å². The van der Waals surface area contributed by atoms with E-state index in [0.717, 1.165) is 17.6 Å². The minimum absolute atomic E-state index is 0.00713. The van der Waals surface area contributed by atoms with Gasteiger partial charge in [0.05, 0.1) is 17.3 Å². The molecule has 1 unspecified atom stereocenters. The third-order valence-corrected chi connectivity index (χ3v) is 2.82. The highest BCUT2D eigenvalue weighted by molar-refractivity contribution is 7.03. The molecule has 0 aliphatic rings. The first-order valence-corrected chi connectivity index (χ1v) is 5.52. The Morgan fingerprint density at radius 3 is 2.53 bits per heavy atom. The van der Waals surface area contributed by atoms with Crippen LogP contribution in [0.15, 0.2) is 29.6 Å². The van der Waals surface area contributed by atoms with Gasteiger partial charge in [0.15, 0.2) is 0 Å². The van der Waals surface area contributed by atoms with Gasteiger partial charge in [0.1, 0.15) is 0 Å². The van der Waals surface area contributed by atoms with Crippen LogP contribution in [0.25, 0.3) is 0 Å². The lowest BCUT2D eigenvalue weighted by atomic mass is 9.99. The molecule has 1 aromatic heterocycles. The van der Waals surface area contributed by atoms with E-state index in [1.54, 1.807) is 0 Å². The second kappa shape index (κ2) is 4.42. The van der Waals surface area contributed by atoms with Gasteiger partial charge in [-0.05, 0) is 23.2 Å². The van der Waals surface area contributed by atoms with Crippen molar-refractivity contribution in [1.82, 2.24) is 9.59 Å². The summed E-state index contributed by atoms with van der Waals surface area (Å²) >= 11 is 1.05. The molecule has 0 aliphatic heterocycles. The van der Waals surface area contributed by atoms with Crippen molar-refractivity contribution in [1.29, 1.82) is 0 Å². The summed E-state index contributed by atoms with van der Waals surface area (Å²) in [5.41, 5.74) is 5.37. The molecule has 2 aromatic rings. The minimum Gasteiger partial charge on any atom is -0.319 e. The number of hydrogen-bond acceptors (Lipinski definition) is 4. The van der Waals surface area contributed by atoms with Crippen LogP contribution in [-0.4, -0.2) is 9.59 Å². The van der Waals surface area contributed by atoms with Crippen LogP contribution in [0.2, 0.25) is 0 Å². The number of nitrogens with two attached hydrogens (primary N) is 1. The van der Waals surface area contributed by atoms with Crippen molar-refractivity contribution in [3.8, 4) is 0 Å². The molecule has 2 rings (SSSR count). The van der Waals surface area contributed by atoms with Crippen LogP contribution >= 0.6 is 11.5 Å². The Hall–Kier alpha value is -1.47. The van der Waals surface area contributed by atoms with Crippen molar-refractivity contribution < 1.29 is 13.2 Å². The first-order valence-electron chi connectivity index (χ1n) is 4.69. The Morgan fingerprint density at radius 2 is 1.94 bits per heavy atom. The summed E-state index contributed by atoms with van der Waals surface area (Å²) in [5.74, 6) is 0. The highest BCUT2D eigenvalue weighted by Gasteiger charge is 2.34. The Kier molecular flexibility index (Phi) is 3.12. The number of rotatable bonds is 2. The SMILES string of the molecule is NC(c1csnn1)c1ccccc1C(F)(F)F. The van der Waals surface area contributed by atoms with E-state index in [9.17, 15) is 13.2 Å². The first kappa shape index (κ1) is 12.0.